The van der Waals surface area contributed by atoms with Gasteiger partial charge in [0.2, 0.25) is 0 Å². The third kappa shape index (κ3) is 4.12. The van der Waals surface area contributed by atoms with E-state index in [1.54, 1.807) is 30.9 Å². The van der Waals surface area contributed by atoms with Gasteiger partial charge in [0.25, 0.3) is 5.91 Å². The number of H-pyrrole nitrogens is 1. The van der Waals surface area contributed by atoms with Crippen LogP contribution in [0.5, 0.6) is 0 Å². The van der Waals surface area contributed by atoms with E-state index < -0.39 is 0 Å². The number of benzene rings is 2. The number of carbonyl (C=O) groups is 1. The van der Waals surface area contributed by atoms with Crippen LogP contribution < -0.4 is 11.1 Å². The van der Waals surface area contributed by atoms with E-state index in [4.69, 9.17) is 5.73 Å². The van der Waals surface area contributed by atoms with Crippen molar-refractivity contribution >= 4 is 28.3 Å². The van der Waals surface area contributed by atoms with Gasteiger partial charge in [0.05, 0.1) is 6.04 Å². The molecule has 8 nitrogen and oxygen atoms in total. The SMILES string of the molecule is C[C@H](NC(=O)c1c(N)nn2cccnc12)c1[nH]c2cccc(C#Cc3ccncc3)c2c1-c1ccccc1. The number of rotatable bonds is 4. The monoisotopic (exact) mass is 497 g/mol. The van der Waals surface area contributed by atoms with Gasteiger partial charge in [-0.25, -0.2) is 9.50 Å². The Balaban J connectivity index is 1.45. The highest BCUT2D eigenvalue weighted by atomic mass is 16.1. The van der Waals surface area contributed by atoms with Gasteiger partial charge in [0.1, 0.15) is 5.56 Å². The quantitative estimate of drug-likeness (QED) is 0.304. The molecule has 4 heterocycles. The number of nitrogen functional groups attached to an aromatic ring is 1. The van der Waals surface area contributed by atoms with Crippen molar-refractivity contribution in [2.45, 2.75) is 13.0 Å². The Morgan fingerprint density at radius 2 is 1.82 bits per heavy atom. The summed E-state index contributed by atoms with van der Waals surface area (Å²) in [5.74, 6) is 6.36. The highest BCUT2D eigenvalue weighted by Crippen LogP contribution is 2.37. The Morgan fingerprint density at radius 1 is 1.00 bits per heavy atom. The molecule has 1 atom stereocenters. The number of fused-ring (bicyclic) bond motifs is 2. The van der Waals surface area contributed by atoms with E-state index in [0.717, 1.165) is 38.9 Å². The van der Waals surface area contributed by atoms with E-state index in [-0.39, 0.29) is 23.3 Å². The Hall–Kier alpha value is -5.42. The first-order valence-electron chi connectivity index (χ1n) is 12.1. The van der Waals surface area contributed by atoms with Crippen molar-refractivity contribution in [2.75, 3.05) is 5.73 Å². The largest absolute Gasteiger partial charge is 0.381 e. The first-order chi connectivity index (χ1) is 18.6. The van der Waals surface area contributed by atoms with Crippen LogP contribution in [-0.4, -0.2) is 30.5 Å². The average molecular weight is 498 g/mol. The van der Waals surface area contributed by atoms with Crippen LogP contribution in [0.3, 0.4) is 0 Å². The number of hydrogen-bond acceptors (Lipinski definition) is 5. The van der Waals surface area contributed by atoms with Gasteiger partial charge in [0.15, 0.2) is 11.5 Å². The Kier molecular flexibility index (Phi) is 5.79. The molecule has 6 rings (SSSR count). The van der Waals surface area contributed by atoms with E-state index in [1.807, 2.05) is 55.5 Å². The fraction of sp³-hybridized carbons (Fsp3) is 0.0667. The molecule has 4 N–H and O–H groups in total. The highest BCUT2D eigenvalue weighted by Gasteiger charge is 2.25. The smallest absolute Gasteiger partial charge is 0.259 e. The molecule has 0 saturated carbocycles. The lowest BCUT2D eigenvalue weighted by Gasteiger charge is -2.15. The summed E-state index contributed by atoms with van der Waals surface area (Å²) >= 11 is 0. The van der Waals surface area contributed by atoms with Gasteiger partial charge >= 0.3 is 0 Å². The van der Waals surface area contributed by atoms with Crippen LogP contribution in [0.25, 0.3) is 27.7 Å². The average Bonchev–Trinajstić information content (AvgIpc) is 3.50. The Morgan fingerprint density at radius 3 is 2.63 bits per heavy atom. The topological polar surface area (TPSA) is 114 Å². The van der Waals surface area contributed by atoms with E-state index in [0.29, 0.717) is 5.65 Å². The zero-order valence-corrected chi connectivity index (χ0v) is 20.5. The minimum atomic E-state index is -0.385. The van der Waals surface area contributed by atoms with Crippen LogP contribution in [0.2, 0.25) is 0 Å². The number of aromatic nitrogens is 5. The lowest BCUT2D eigenvalue weighted by Crippen LogP contribution is -2.28. The molecular formula is C30H23N7O. The molecular weight excluding hydrogens is 474 g/mol. The molecule has 0 unspecified atom stereocenters. The number of aromatic amines is 1. The van der Waals surface area contributed by atoms with Crippen molar-refractivity contribution in [2.24, 2.45) is 0 Å². The first kappa shape index (κ1) is 23.0. The standard InChI is InChI=1S/C30H23N7O/c1-19(34-30(38)26-28(31)36-37-18-6-15-33-29(26)37)27-25(21-7-3-2-4-8-21)24-22(9-5-10-23(24)35-27)12-11-20-13-16-32-17-14-20/h2-10,13-19,35H,1H3,(H2,31,36)(H,34,38)/t19-/m0/s1. The van der Waals surface area contributed by atoms with Gasteiger partial charge in [0, 0.05) is 58.1 Å². The summed E-state index contributed by atoms with van der Waals surface area (Å²) in [5.41, 5.74) is 12.3. The molecule has 0 bridgehead atoms. The molecule has 0 radical (unpaired) electrons. The number of carbonyl (C=O) groups excluding carboxylic acids is 1. The molecule has 0 fully saturated rings. The molecule has 4 aromatic heterocycles. The molecule has 0 aliphatic heterocycles. The summed E-state index contributed by atoms with van der Waals surface area (Å²) in [5, 5.41) is 8.30. The van der Waals surface area contributed by atoms with Crippen LogP contribution in [0, 0.1) is 11.8 Å². The molecule has 8 heteroatoms. The summed E-state index contributed by atoms with van der Waals surface area (Å²) in [6.45, 7) is 1.94. The number of anilines is 1. The van der Waals surface area contributed by atoms with Crippen LogP contribution in [0.1, 0.15) is 40.1 Å². The zero-order valence-electron chi connectivity index (χ0n) is 20.5. The van der Waals surface area contributed by atoms with Gasteiger partial charge in [-0.2, -0.15) is 0 Å². The molecule has 184 valence electrons. The summed E-state index contributed by atoms with van der Waals surface area (Å²) in [4.78, 5) is 25.3. The second-order valence-electron chi connectivity index (χ2n) is 8.84. The fourth-order valence-corrected chi connectivity index (χ4v) is 4.64. The zero-order chi connectivity index (χ0) is 26.1. The third-order valence-corrected chi connectivity index (χ3v) is 6.37. The molecule has 38 heavy (non-hydrogen) atoms. The summed E-state index contributed by atoms with van der Waals surface area (Å²) in [7, 11) is 0. The van der Waals surface area contributed by atoms with E-state index in [9.17, 15) is 4.79 Å². The molecule has 0 aliphatic rings. The summed E-state index contributed by atoms with van der Waals surface area (Å²) in [6.07, 6.45) is 6.77. The van der Waals surface area contributed by atoms with Crippen molar-refractivity contribution in [1.82, 2.24) is 29.9 Å². The minimum Gasteiger partial charge on any atom is -0.381 e. The van der Waals surface area contributed by atoms with Crippen LogP contribution in [-0.2, 0) is 0 Å². The maximum atomic E-state index is 13.4. The molecule has 6 aromatic rings. The van der Waals surface area contributed by atoms with Gasteiger partial charge in [-0.3, -0.25) is 9.78 Å². The van der Waals surface area contributed by atoms with E-state index in [1.165, 1.54) is 4.52 Å². The second-order valence-corrected chi connectivity index (χ2v) is 8.84. The van der Waals surface area contributed by atoms with Gasteiger partial charge in [-0.05, 0) is 42.8 Å². The first-order valence-corrected chi connectivity index (χ1v) is 12.1. The summed E-state index contributed by atoms with van der Waals surface area (Å²) in [6, 6.07) is 21.2. The number of pyridine rings is 1. The Bertz CT molecular complexity index is 1840. The van der Waals surface area contributed by atoms with Crippen molar-refractivity contribution in [3.8, 4) is 23.0 Å². The van der Waals surface area contributed by atoms with Crippen LogP contribution >= 0.6 is 0 Å². The second kappa shape index (κ2) is 9.56. The maximum Gasteiger partial charge on any atom is 0.259 e. The predicted molar refractivity (Wildman–Crippen MR) is 147 cm³/mol. The predicted octanol–water partition coefficient (Wildman–Crippen LogP) is 4.75. The number of nitrogens with zero attached hydrogens (tertiary/aromatic N) is 4. The lowest BCUT2D eigenvalue weighted by atomic mass is 9.96. The minimum absolute atomic E-state index is 0.127. The number of nitrogens with two attached hydrogens (primary N) is 1. The number of nitrogens with one attached hydrogen (secondary N) is 2. The number of amides is 1. The highest BCUT2D eigenvalue weighted by molar-refractivity contribution is 6.05. The molecule has 0 saturated heterocycles. The lowest BCUT2D eigenvalue weighted by molar-refractivity contribution is 0.0941. The van der Waals surface area contributed by atoms with Gasteiger partial charge < -0.3 is 16.0 Å². The van der Waals surface area contributed by atoms with Gasteiger partial charge in [-0.1, -0.05) is 48.2 Å². The molecule has 1 amide bonds. The Labute approximate surface area is 218 Å². The van der Waals surface area contributed by atoms with Crippen LogP contribution in [0.4, 0.5) is 5.82 Å². The molecule has 2 aromatic carbocycles. The molecule has 0 aliphatic carbocycles. The van der Waals surface area contributed by atoms with Gasteiger partial charge in [-0.15, -0.1) is 5.10 Å². The normalized spacial score (nSPS) is 11.7. The third-order valence-electron chi connectivity index (χ3n) is 6.37. The van der Waals surface area contributed by atoms with Crippen LogP contribution in [0.15, 0.2) is 91.5 Å². The maximum absolute atomic E-state index is 13.4. The van der Waals surface area contributed by atoms with Crippen molar-refractivity contribution in [1.29, 1.82) is 0 Å². The van der Waals surface area contributed by atoms with Crippen molar-refractivity contribution < 1.29 is 4.79 Å². The summed E-state index contributed by atoms with van der Waals surface area (Å²) < 4.78 is 1.50. The fourth-order valence-electron chi connectivity index (χ4n) is 4.64. The van der Waals surface area contributed by atoms with Crippen molar-refractivity contribution in [3.63, 3.8) is 0 Å². The van der Waals surface area contributed by atoms with Crippen molar-refractivity contribution in [3.05, 3.63) is 114 Å². The molecule has 0 spiro atoms. The van der Waals surface area contributed by atoms with E-state index >= 15 is 0 Å². The number of hydrogen-bond donors (Lipinski definition) is 3. The van der Waals surface area contributed by atoms with E-state index in [2.05, 4.69) is 49.3 Å².